The number of ether oxygens (including phenoxy) is 1. The Kier molecular flexibility index (Phi) is 4.62. The quantitative estimate of drug-likeness (QED) is 0.691. The molecule has 7 heteroatoms. The molecule has 3 aromatic rings. The second-order valence-corrected chi connectivity index (χ2v) is 10.0. The van der Waals surface area contributed by atoms with Crippen LogP contribution in [-0.2, 0) is 17.8 Å². The third kappa shape index (κ3) is 3.24. The normalized spacial score (nSPS) is 19.7. The van der Waals surface area contributed by atoms with Crippen molar-refractivity contribution in [3.63, 3.8) is 0 Å². The number of anilines is 2. The van der Waals surface area contributed by atoms with E-state index >= 15 is 0 Å². The summed E-state index contributed by atoms with van der Waals surface area (Å²) in [4.78, 5) is 16.8. The molecular formula is C22H30N5OS+. The average Bonchev–Trinajstić information content (AvgIpc) is 3.34. The summed E-state index contributed by atoms with van der Waals surface area (Å²) in [6.45, 7) is 11.6. The van der Waals surface area contributed by atoms with Gasteiger partial charge in [0.1, 0.15) is 16.8 Å². The topological polar surface area (TPSA) is 64.4 Å². The first kappa shape index (κ1) is 19.0. The van der Waals surface area contributed by atoms with Crippen LogP contribution in [0.3, 0.4) is 0 Å². The molecular weight excluding hydrogens is 382 g/mol. The van der Waals surface area contributed by atoms with Gasteiger partial charge in [0, 0.05) is 12.5 Å². The number of hydrogen-bond donors (Lipinski definition) is 1. The summed E-state index contributed by atoms with van der Waals surface area (Å²) in [6, 6.07) is 0.378. The van der Waals surface area contributed by atoms with Crippen molar-refractivity contribution in [2.24, 2.45) is 0 Å². The second kappa shape index (κ2) is 7.06. The summed E-state index contributed by atoms with van der Waals surface area (Å²) >= 11 is 1.78. The van der Waals surface area contributed by atoms with Crippen molar-refractivity contribution >= 4 is 43.4 Å². The van der Waals surface area contributed by atoms with Gasteiger partial charge in [-0.05, 0) is 45.6 Å². The molecule has 0 aliphatic carbocycles. The van der Waals surface area contributed by atoms with Crippen molar-refractivity contribution in [3.8, 4) is 0 Å². The van der Waals surface area contributed by atoms with E-state index in [1.54, 1.807) is 17.7 Å². The van der Waals surface area contributed by atoms with Crippen LogP contribution in [0.2, 0.25) is 0 Å². The molecule has 6 nitrogen and oxygen atoms in total. The lowest BCUT2D eigenvalue weighted by molar-refractivity contribution is -0.328. The summed E-state index contributed by atoms with van der Waals surface area (Å²) in [5.74, 6) is 2.19. The zero-order valence-electron chi connectivity index (χ0n) is 17.8. The molecule has 0 unspecified atom stereocenters. The third-order valence-electron chi connectivity index (χ3n) is 6.28. The van der Waals surface area contributed by atoms with Gasteiger partial charge in [-0.25, -0.2) is 15.0 Å². The molecule has 0 aromatic carbocycles. The second-order valence-electron chi connectivity index (χ2n) is 9.01. The number of rotatable bonds is 4. The van der Waals surface area contributed by atoms with Crippen molar-refractivity contribution in [3.05, 3.63) is 17.5 Å². The number of nitrogens with one attached hydrogen (secondary N) is 2. The molecule has 0 radical (unpaired) electrons. The van der Waals surface area contributed by atoms with Crippen LogP contribution in [0.1, 0.15) is 58.1 Å². The summed E-state index contributed by atoms with van der Waals surface area (Å²) in [6.07, 6.45) is 6.17. The molecule has 1 atom stereocenters. The third-order valence-corrected chi connectivity index (χ3v) is 7.38. The van der Waals surface area contributed by atoms with Crippen LogP contribution in [0, 0.1) is 0 Å². The van der Waals surface area contributed by atoms with Crippen LogP contribution in [0.25, 0.3) is 20.4 Å². The van der Waals surface area contributed by atoms with Crippen molar-refractivity contribution in [1.29, 1.82) is 0 Å². The number of pyridine rings is 1. The Hall–Kier alpha value is -1.99. The number of H-pyrrole nitrogens is 1. The lowest BCUT2D eigenvalue weighted by Gasteiger charge is -2.32. The number of nitrogens with zero attached hydrogens (tertiary/aromatic N) is 3. The number of aromatic nitrogens is 3. The van der Waals surface area contributed by atoms with Gasteiger partial charge in [0.2, 0.25) is 0 Å². The Balaban J connectivity index is 1.76. The van der Waals surface area contributed by atoms with E-state index in [0.29, 0.717) is 12.6 Å². The molecule has 2 N–H and O–H groups in total. The lowest BCUT2D eigenvalue weighted by atomic mass is 9.90. The van der Waals surface area contributed by atoms with Gasteiger partial charge in [-0.2, -0.15) is 0 Å². The van der Waals surface area contributed by atoms with E-state index in [9.17, 15) is 0 Å². The van der Waals surface area contributed by atoms with Gasteiger partial charge in [0.25, 0.3) is 5.82 Å². The fourth-order valence-electron chi connectivity index (χ4n) is 4.50. The highest BCUT2D eigenvalue weighted by Gasteiger charge is 2.36. The molecule has 3 aromatic heterocycles. The molecule has 0 spiro atoms. The van der Waals surface area contributed by atoms with Crippen LogP contribution in [0.15, 0.2) is 6.33 Å². The smallest absolute Gasteiger partial charge is 0.281 e. The number of thiophene rings is 1. The SMILES string of the molecule is CC[C@H](C)Nc1ncnc2c1sc1[nH+]c(N3CCCC3)c3c(c12)CC(C)(C)OC3. The van der Waals surface area contributed by atoms with E-state index in [2.05, 4.69) is 47.9 Å². The molecule has 1 fully saturated rings. The first-order chi connectivity index (χ1) is 14.0. The largest absolute Gasteiger partial charge is 0.370 e. The molecule has 2 aliphatic heterocycles. The zero-order chi connectivity index (χ0) is 20.2. The molecule has 0 saturated carbocycles. The fraction of sp³-hybridized carbons (Fsp3) is 0.591. The van der Waals surface area contributed by atoms with Gasteiger partial charge in [-0.3, -0.25) is 4.90 Å². The minimum absolute atomic E-state index is 0.164. The Labute approximate surface area is 175 Å². The fourth-order valence-corrected chi connectivity index (χ4v) is 5.63. The molecule has 1 saturated heterocycles. The van der Waals surface area contributed by atoms with E-state index in [0.717, 1.165) is 42.0 Å². The average molecular weight is 413 g/mol. The van der Waals surface area contributed by atoms with Crippen LogP contribution < -0.4 is 15.2 Å². The van der Waals surface area contributed by atoms with Crippen molar-refractivity contribution < 1.29 is 9.72 Å². The minimum Gasteiger partial charge on any atom is -0.370 e. The van der Waals surface area contributed by atoms with Gasteiger partial charge < -0.3 is 10.1 Å². The Morgan fingerprint density at radius 1 is 1.28 bits per heavy atom. The summed E-state index contributed by atoms with van der Waals surface area (Å²) in [7, 11) is 0. The first-order valence-corrected chi connectivity index (χ1v) is 11.6. The molecule has 5 heterocycles. The van der Waals surface area contributed by atoms with Gasteiger partial charge in [0.05, 0.1) is 41.8 Å². The Morgan fingerprint density at radius 3 is 2.83 bits per heavy atom. The van der Waals surface area contributed by atoms with Crippen LogP contribution in [0.4, 0.5) is 11.6 Å². The van der Waals surface area contributed by atoms with Crippen molar-refractivity contribution in [2.45, 2.75) is 71.6 Å². The predicted octanol–water partition coefficient (Wildman–Crippen LogP) is 4.32. The molecule has 0 amide bonds. The Bertz CT molecular complexity index is 1070. The van der Waals surface area contributed by atoms with Gasteiger partial charge >= 0.3 is 0 Å². The summed E-state index contributed by atoms with van der Waals surface area (Å²) in [5, 5.41) is 4.83. The highest BCUT2D eigenvalue weighted by Crippen LogP contribution is 2.42. The maximum atomic E-state index is 6.23. The van der Waals surface area contributed by atoms with Gasteiger partial charge in [-0.1, -0.05) is 18.3 Å². The highest BCUT2D eigenvalue weighted by atomic mass is 32.1. The molecule has 5 rings (SSSR count). The summed E-state index contributed by atoms with van der Waals surface area (Å²) in [5.41, 5.74) is 3.61. The zero-order valence-corrected chi connectivity index (χ0v) is 18.6. The highest BCUT2D eigenvalue weighted by molar-refractivity contribution is 7.25. The van der Waals surface area contributed by atoms with E-state index in [1.807, 2.05) is 0 Å². The maximum Gasteiger partial charge on any atom is 0.281 e. The van der Waals surface area contributed by atoms with E-state index in [4.69, 9.17) is 9.72 Å². The lowest BCUT2D eigenvalue weighted by Crippen LogP contribution is -2.36. The Morgan fingerprint density at radius 2 is 2.07 bits per heavy atom. The predicted molar refractivity (Wildman–Crippen MR) is 119 cm³/mol. The minimum atomic E-state index is -0.164. The first-order valence-electron chi connectivity index (χ1n) is 10.8. The van der Waals surface area contributed by atoms with Gasteiger partial charge in [0.15, 0.2) is 4.83 Å². The summed E-state index contributed by atoms with van der Waals surface area (Å²) < 4.78 is 7.37. The standard InChI is InChI=1S/C22H29N5OS/c1-5-13(2)25-19-18-17(23-12-24-19)16-14-10-22(3,4)28-11-15(14)20(26-21(16)29-18)27-8-6-7-9-27/h12-13H,5-11H2,1-4H3,(H,23,24,25)/p+1/t13-/m0/s1. The molecule has 154 valence electrons. The molecule has 0 bridgehead atoms. The number of fused-ring (bicyclic) bond motifs is 5. The molecule has 29 heavy (non-hydrogen) atoms. The maximum absolute atomic E-state index is 6.23. The monoisotopic (exact) mass is 412 g/mol. The number of hydrogen-bond acceptors (Lipinski definition) is 6. The van der Waals surface area contributed by atoms with Crippen LogP contribution in [-0.4, -0.2) is 34.7 Å². The van der Waals surface area contributed by atoms with Gasteiger partial charge in [-0.15, -0.1) is 0 Å². The van der Waals surface area contributed by atoms with Crippen molar-refractivity contribution in [2.75, 3.05) is 23.3 Å². The molecule has 2 aliphatic rings. The number of aromatic amines is 1. The van der Waals surface area contributed by atoms with E-state index in [-0.39, 0.29) is 5.60 Å². The van der Waals surface area contributed by atoms with E-state index in [1.165, 1.54) is 40.0 Å². The van der Waals surface area contributed by atoms with Crippen LogP contribution in [0.5, 0.6) is 0 Å². The van der Waals surface area contributed by atoms with Crippen LogP contribution >= 0.6 is 11.3 Å². The van der Waals surface area contributed by atoms with E-state index < -0.39 is 0 Å². The van der Waals surface area contributed by atoms with Crippen molar-refractivity contribution in [1.82, 2.24) is 9.97 Å².